The minimum atomic E-state index is -3.66. The van der Waals surface area contributed by atoms with Crippen LogP contribution in [0.4, 0.5) is 20.6 Å². The first-order chi connectivity index (χ1) is 13.1. The van der Waals surface area contributed by atoms with E-state index >= 15 is 0 Å². The first-order valence-corrected chi connectivity index (χ1v) is 10.6. The summed E-state index contributed by atoms with van der Waals surface area (Å²) in [6, 6.07) is 4.33. The van der Waals surface area contributed by atoms with Gasteiger partial charge in [-0.15, -0.1) is 0 Å². The van der Waals surface area contributed by atoms with E-state index in [1.54, 1.807) is 17.0 Å². The van der Waals surface area contributed by atoms with E-state index in [4.69, 9.17) is 4.74 Å². The summed E-state index contributed by atoms with van der Waals surface area (Å²) in [6.45, 7) is 0.196. The zero-order valence-electron chi connectivity index (χ0n) is 15.4. The van der Waals surface area contributed by atoms with E-state index in [-0.39, 0.29) is 25.4 Å². The fourth-order valence-electron chi connectivity index (χ4n) is 3.26. The summed E-state index contributed by atoms with van der Waals surface area (Å²) in [7, 11) is -3.66. The van der Waals surface area contributed by atoms with Crippen molar-refractivity contribution in [2.24, 2.45) is 0 Å². The Morgan fingerprint density at radius 3 is 2.61 bits per heavy atom. The molecule has 0 aromatic heterocycles. The summed E-state index contributed by atoms with van der Waals surface area (Å²) in [5.41, 5.74) is -0.500. The summed E-state index contributed by atoms with van der Waals surface area (Å²) < 4.78 is 46.5. The Bertz CT molecular complexity index is 840. The Morgan fingerprint density at radius 1 is 1.36 bits per heavy atom. The number of hydrogen-bond acceptors (Lipinski definition) is 8. The topological polar surface area (TPSA) is 117 Å². The molecule has 2 fully saturated rings. The summed E-state index contributed by atoms with van der Waals surface area (Å²) in [6.07, 6.45) is 0.0666. The molecule has 0 bridgehead atoms. The quantitative estimate of drug-likeness (QED) is 0.640. The molecule has 0 radical (unpaired) electrons. The molecular formula is C17H23FN2O7S. The SMILES string of the molecule is CS(=O)(=O)OC[C@H]1CN(c2ccc(N3CCC(O)(CO)CC3)c(F)c2)C(=O)O1. The lowest BCUT2D eigenvalue weighted by Gasteiger charge is -2.38. The largest absolute Gasteiger partial charge is 0.441 e. The molecule has 1 aromatic carbocycles. The Labute approximate surface area is 162 Å². The molecule has 2 aliphatic heterocycles. The van der Waals surface area contributed by atoms with E-state index < -0.39 is 33.7 Å². The maximum atomic E-state index is 14.7. The highest BCUT2D eigenvalue weighted by Crippen LogP contribution is 2.31. The van der Waals surface area contributed by atoms with Crippen LogP contribution in [0.15, 0.2) is 18.2 Å². The van der Waals surface area contributed by atoms with Gasteiger partial charge in [0.25, 0.3) is 10.1 Å². The van der Waals surface area contributed by atoms with Gasteiger partial charge in [0, 0.05) is 13.1 Å². The van der Waals surface area contributed by atoms with E-state index in [2.05, 4.69) is 4.18 Å². The van der Waals surface area contributed by atoms with E-state index in [9.17, 15) is 27.8 Å². The predicted octanol–water partition coefficient (Wildman–Crippen LogP) is 0.451. The van der Waals surface area contributed by atoms with Crippen LogP contribution in [-0.4, -0.2) is 75.5 Å². The molecule has 11 heteroatoms. The van der Waals surface area contributed by atoms with Gasteiger partial charge in [-0.3, -0.25) is 9.08 Å². The van der Waals surface area contributed by atoms with Gasteiger partial charge in [-0.05, 0) is 31.0 Å². The number of aliphatic hydroxyl groups excluding tert-OH is 1. The number of ether oxygens (including phenoxy) is 1. The fraction of sp³-hybridized carbons (Fsp3) is 0.588. The fourth-order valence-corrected chi connectivity index (χ4v) is 3.66. The molecule has 1 aromatic rings. The van der Waals surface area contributed by atoms with Gasteiger partial charge in [0.15, 0.2) is 0 Å². The molecule has 156 valence electrons. The van der Waals surface area contributed by atoms with Crippen molar-refractivity contribution in [2.75, 3.05) is 48.9 Å². The monoisotopic (exact) mass is 418 g/mol. The van der Waals surface area contributed by atoms with Gasteiger partial charge in [-0.25, -0.2) is 9.18 Å². The summed E-state index contributed by atoms with van der Waals surface area (Å²) in [4.78, 5) is 15.0. The molecule has 2 aliphatic rings. The second-order valence-corrected chi connectivity index (χ2v) is 8.75. The molecule has 28 heavy (non-hydrogen) atoms. The number of carbonyl (C=O) groups is 1. The van der Waals surface area contributed by atoms with Gasteiger partial charge in [-0.1, -0.05) is 0 Å². The van der Waals surface area contributed by atoms with Crippen LogP contribution >= 0.6 is 0 Å². The van der Waals surface area contributed by atoms with Crippen molar-refractivity contribution in [2.45, 2.75) is 24.5 Å². The molecule has 0 unspecified atom stereocenters. The van der Waals surface area contributed by atoms with Crippen LogP contribution in [-0.2, 0) is 19.0 Å². The first-order valence-electron chi connectivity index (χ1n) is 8.80. The molecule has 0 saturated carbocycles. The number of cyclic esters (lactones) is 1. The first kappa shape index (κ1) is 20.8. The molecule has 1 amide bonds. The highest BCUT2D eigenvalue weighted by Gasteiger charge is 2.35. The van der Waals surface area contributed by atoms with Crippen molar-refractivity contribution < 1.29 is 36.7 Å². The number of hydrogen-bond donors (Lipinski definition) is 2. The normalized spacial score (nSPS) is 22.4. The highest BCUT2D eigenvalue weighted by atomic mass is 32.2. The molecule has 0 aliphatic carbocycles. The van der Waals surface area contributed by atoms with Crippen molar-refractivity contribution in [1.82, 2.24) is 0 Å². The zero-order chi connectivity index (χ0) is 20.5. The number of halogens is 1. The van der Waals surface area contributed by atoms with Gasteiger partial charge in [0.2, 0.25) is 0 Å². The number of rotatable bonds is 6. The minimum absolute atomic E-state index is 0.0421. The van der Waals surface area contributed by atoms with Crippen LogP contribution in [0.2, 0.25) is 0 Å². The van der Waals surface area contributed by atoms with Crippen LogP contribution < -0.4 is 9.80 Å². The molecular weight excluding hydrogens is 395 g/mol. The van der Waals surface area contributed by atoms with Crippen molar-refractivity contribution in [3.63, 3.8) is 0 Å². The molecule has 9 nitrogen and oxygen atoms in total. The standard InChI is InChI=1S/C17H23FN2O7S/c1-28(24,25)26-10-13-9-20(16(22)27-13)12-2-3-15(14(18)8-12)19-6-4-17(23,11-21)5-7-19/h2-3,8,13,21,23H,4-7,9-11H2,1H3/t13-/m1/s1. The number of carbonyl (C=O) groups excluding carboxylic acids is 1. The van der Waals surface area contributed by atoms with Crippen molar-refractivity contribution >= 4 is 27.6 Å². The summed E-state index contributed by atoms with van der Waals surface area (Å²) in [5, 5.41) is 19.3. The maximum Gasteiger partial charge on any atom is 0.414 e. The Hall–Kier alpha value is -1.95. The molecule has 0 spiro atoms. The Morgan fingerprint density at radius 2 is 2.04 bits per heavy atom. The number of piperidine rings is 1. The van der Waals surface area contributed by atoms with Gasteiger partial charge in [-0.2, -0.15) is 8.42 Å². The zero-order valence-corrected chi connectivity index (χ0v) is 16.2. The van der Waals surface area contributed by atoms with E-state index in [1.807, 2.05) is 0 Å². The molecule has 2 N–H and O–H groups in total. The number of anilines is 2. The third kappa shape index (κ3) is 4.72. The van der Waals surface area contributed by atoms with Gasteiger partial charge >= 0.3 is 6.09 Å². The van der Waals surface area contributed by atoms with Gasteiger partial charge in [0.05, 0.1) is 36.4 Å². The van der Waals surface area contributed by atoms with Gasteiger partial charge in [0.1, 0.15) is 18.5 Å². The average Bonchev–Trinajstić information content (AvgIpc) is 3.01. The van der Waals surface area contributed by atoms with Gasteiger partial charge < -0.3 is 19.8 Å². The molecule has 1 atom stereocenters. The second kappa shape index (κ2) is 7.82. The number of amides is 1. The minimum Gasteiger partial charge on any atom is -0.441 e. The number of aliphatic hydroxyl groups is 2. The number of benzene rings is 1. The van der Waals surface area contributed by atoms with Crippen molar-refractivity contribution in [3.8, 4) is 0 Å². The number of nitrogens with zero attached hydrogens (tertiary/aromatic N) is 2. The van der Waals surface area contributed by atoms with Crippen LogP contribution in [0.5, 0.6) is 0 Å². The van der Waals surface area contributed by atoms with E-state index in [0.29, 0.717) is 31.6 Å². The van der Waals surface area contributed by atoms with E-state index in [1.165, 1.54) is 11.0 Å². The summed E-state index contributed by atoms with van der Waals surface area (Å²) >= 11 is 0. The molecule has 2 heterocycles. The lowest BCUT2D eigenvalue weighted by Crippen LogP contribution is -2.46. The summed E-state index contributed by atoms with van der Waals surface area (Å²) in [5.74, 6) is -0.532. The Kier molecular flexibility index (Phi) is 5.80. The lowest BCUT2D eigenvalue weighted by atomic mass is 9.92. The third-order valence-corrected chi connectivity index (χ3v) is 5.48. The van der Waals surface area contributed by atoms with Crippen LogP contribution in [0, 0.1) is 5.82 Å². The third-order valence-electron chi connectivity index (χ3n) is 4.91. The van der Waals surface area contributed by atoms with Crippen LogP contribution in [0.25, 0.3) is 0 Å². The van der Waals surface area contributed by atoms with Crippen LogP contribution in [0.3, 0.4) is 0 Å². The van der Waals surface area contributed by atoms with Crippen molar-refractivity contribution in [1.29, 1.82) is 0 Å². The van der Waals surface area contributed by atoms with Crippen molar-refractivity contribution in [3.05, 3.63) is 24.0 Å². The Balaban J connectivity index is 1.66. The molecule has 3 rings (SSSR count). The van der Waals surface area contributed by atoms with E-state index in [0.717, 1.165) is 6.26 Å². The maximum absolute atomic E-state index is 14.7. The smallest absolute Gasteiger partial charge is 0.414 e. The molecule has 2 saturated heterocycles. The lowest BCUT2D eigenvalue weighted by molar-refractivity contribution is -0.0326. The second-order valence-electron chi connectivity index (χ2n) is 7.11. The predicted molar refractivity (Wildman–Crippen MR) is 98.3 cm³/mol. The van der Waals surface area contributed by atoms with Crippen LogP contribution in [0.1, 0.15) is 12.8 Å². The average molecular weight is 418 g/mol. The highest BCUT2D eigenvalue weighted by molar-refractivity contribution is 7.85.